The molecule has 29 heavy (non-hydrogen) atoms. The molecule has 0 aliphatic carbocycles. The molecular weight excluding hydrogens is 424 g/mol. The molecule has 3 aromatic rings. The normalized spacial score (nSPS) is 12.4. The van der Waals surface area contributed by atoms with Crippen LogP contribution in [0.2, 0.25) is 0 Å². The number of hydrogen-bond donors (Lipinski definition) is 0. The quantitative estimate of drug-likeness (QED) is 0.382. The number of sulfone groups is 1. The molecule has 0 radical (unpaired) electrons. The topological polar surface area (TPSA) is 68.5 Å². The van der Waals surface area contributed by atoms with Gasteiger partial charge >= 0.3 is 0 Å². The number of carbonyl (C=O) groups is 1. The molecule has 2 aromatic carbocycles. The molecule has 0 aliphatic rings. The van der Waals surface area contributed by atoms with Crippen LogP contribution in [0, 0.1) is 0 Å². The molecule has 0 saturated carbocycles. The highest BCUT2D eigenvalue weighted by molar-refractivity contribution is 7.98. The monoisotopic (exact) mass is 446 g/mol. The standard InChI is InChI=1S/C21H22N2O3S3/c1-3-13-23-18-12-11-16(27-2)15-19(18)28-21(23)22-20(24)10-7-14-29(25,26)17-8-5-4-6-9-17/h3-6,8-9,11-12,15H,1,7,10,13-14H2,2H3. The zero-order valence-electron chi connectivity index (χ0n) is 16.1. The zero-order chi connectivity index (χ0) is 20.9. The molecule has 1 amide bonds. The Morgan fingerprint density at radius 1 is 1.24 bits per heavy atom. The fraction of sp³-hybridized carbons (Fsp3) is 0.238. The molecule has 0 bridgehead atoms. The van der Waals surface area contributed by atoms with Crippen LogP contribution in [0.4, 0.5) is 0 Å². The van der Waals surface area contributed by atoms with E-state index in [0.717, 1.165) is 15.1 Å². The predicted molar refractivity (Wildman–Crippen MR) is 120 cm³/mol. The second kappa shape index (κ2) is 9.56. The summed E-state index contributed by atoms with van der Waals surface area (Å²) in [5.41, 5.74) is 1.01. The van der Waals surface area contributed by atoms with Gasteiger partial charge in [0.15, 0.2) is 14.6 Å². The third kappa shape index (κ3) is 5.26. The lowest BCUT2D eigenvalue weighted by Gasteiger charge is -2.03. The lowest BCUT2D eigenvalue weighted by Crippen LogP contribution is -2.16. The fourth-order valence-corrected chi connectivity index (χ4v) is 5.84. The zero-order valence-corrected chi connectivity index (χ0v) is 18.5. The van der Waals surface area contributed by atoms with Crippen LogP contribution in [0.25, 0.3) is 10.2 Å². The van der Waals surface area contributed by atoms with Gasteiger partial charge in [-0.3, -0.25) is 4.79 Å². The summed E-state index contributed by atoms with van der Waals surface area (Å²) in [5, 5.41) is 0. The molecule has 0 spiro atoms. The minimum absolute atomic E-state index is 0.0750. The highest BCUT2D eigenvalue weighted by atomic mass is 32.2. The van der Waals surface area contributed by atoms with E-state index in [4.69, 9.17) is 0 Å². The van der Waals surface area contributed by atoms with Gasteiger partial charge in [-0.2, -0.15) is 4.99 Å². The summed E-state index contributed by atoms with van der Waals surface area (Å²) in [6, 6.07) is 14.4. The van der Waals surface area contributed by atoms with Gasteiger partial charge in [0.1, 0.15) is 0 Å². The summed E-state index contributed by atoms with van der Waals surface area (Å²) >= 11 is 3.11. The molecule has 0 unspecified atom stereocenters. The Hall–Kier alpha value is -2.16. The second-order valence-electron chi connectivity index (χ2n) is 6.36. The van der Waals surface area contributed by atoms with E-state index in [1.807, 2.05) is 23.0 Å². The van der Waals surface area contributed by atoms with Crippen LogP contribution in [0.1, 0.15) is 12.8 Å². The highest BCUT2D eigenvalue weighted by Gasteiger charge is 2.14. The van der Waals surface area contributed by atoms with Crippen molar-refractivity contribution in [1.29, 1.82) is 0 Å². The number of nitrogens with zero attached hydrogens (tertiary/aromatic N) is 2. The highest BCUT2D eigenvalue weighted by Crippen LogP contribution is 2.24. The number of benzene rings is 2. The van der Waals surface area contributed by atoms with Crippen LogP contribution in [-0.2, 0) is 21.2 Å². The van der Waals surface area contributed by atoms with Gasteiger partial charge in [-0.1, -0.05) is 35.6 Å². The van der Waals surface area contributed by atoms with E-state index in [0.29, 0.717) is 11.3 Å². The Morgan fingerprint density at radius 2 is 2.00 bits per heavy atom. The van der Waals surface area contributed by atoms with Crippen molar-refractivity contribution in [2.75, 3.05) is 12.0 Å². The maximum Gasteiger partial charge on any atom is 0.248 e. The molecule has 8 heteroatoms. The largest absolute Gasteiger partial charge is 0.313 e. The smallest absolute Gasteiger partial charge is 0.248 e. The Morgan fingerprint density at radius 3 is 2.69 bits per heavy atom. The molecule has 0 saturated heterocycles. The summed E-state index contributed by atoms with van der Waals surface area (Å²) in [6.45, 7) is 4.34. The van der Waals surface area contributed by atoms with E-state index < -0.39 is 9.84 Å². The molecule has 3 rings (SSSR count). The third-order valence-corrected chi connectivity index (χ3v) is 7.91. The minimum Gasteiger partial charge on any atom is -0.313 e. The summed E-state index contributed by atoms with van der Waals surface area (Å²) in [4.78, 5) is 18.7. The van der Waals surface area contributed by atoms with Crippen molar-refractivity contribution in [2.24, 2.45) is 4.99 Å². The van der Waals surface area contributed by atoms with Gasteiger partial charge in [0, 0.05) is 17.9 Å². The first-order valence-corrected chi connectivity index (χ1v) is 12.8. The number of fused-ring (bicyclic) bond motifs is 1. The van der Waals surface area contributed by atoms with E-state index in [9.17, 15) is 13.2 Å². The van der Waals surface area contributed by atoms with E-state index in [2.05, 4.69) is 17.6 Å². The van der Waals surface area contributed by atoms with Crippen LogP contribution < -0.4 is 4.80 Å². The summed E-state index contributed by atoms with van der Waals surface area (Å²) in [6.07, 6.45) is 4.11. The molecule has 5 nitrogen and oxygen atoms in total. The lowest BCUT2D eigenvalue weighted by molar-refractivity contribution is -0.118. The molecule has 152 valence electrons. The number of aromatic nitrogens is 1. The number of carbonyl (C=O) groups excluding carboxylic acids is 1. The molecule has 0 N–H and O–H groups in total. The van der Waals surface area contributed by atoms with Crippen LogP contribution >= 0.6 is 23.1 Å². The van der Waals surface area contributed by atoms with Crippen molar-refractivity contribution in [3.8, 4) is 0 Å². The van der Waals surface area contributed by atoms with Gasteiger partial charge in [-0.05, 0) is 43.0 Å². The number of allylic oxidation sites excluding steroid dienone is 1. The molecule has 0 fully saturated rings. The molecule has 1 aromatic heterocycles. The second-order valence-corrected chi connectivity index (χ2v) is 10.4. The molecule has 0 aliphatic heterocycles. The van der Waals surface area contributed by atoms with Crippen LogP contribution in [0.3, 0.4) is 0 Å². The Bertz CT molecular complexity index is 1190. The van der Waals surface area contributed by atoms with Gasteiger partial charge in [-0.15, -0.1) is 18.3 Å². The molecule has 0 atom stereocenters. The number of amides is 1. The Kier molecular flexibility index (Phi) is 7.10. The number of hydrogen-bond acceptors (Lipinski definition) is 5. The maximum atomic E-state index is 12.4. The number of rotatable bonds is 8. The van der Waals surface area contributed by atoms with Gasteiger partial charge in [0.05, 0.1) is 20.9 Å². The third-order valence-electron chi connectivity index (χ3n) is 4.33. The Balaban J connectivity index is 1.77. The minimum atomic E-state index is -3.39. The van der Waals surface area contributed by atoms with Crippen LogP contribution in [0.15, 0.2) is 76.0 Å². The molecular formula is C21H22N2O3S3. The van der Waals surface area contributed by atoms with Crippen molar-refractivity contribution in [3.63, 3.8) is 0 Å². The van der Waals surface area contributed by atoms with Gasteiger partial charge in [-0.25, -0.2) is 8.42 Å². The van der Waals surface area contributed by atoms with Crippen molar-refractivity contribution in [1.82, 2.24) is 4.57 Å². The van der Waals surface area contributed by atoms with Gasteiger partial charge < -0.3 is 4.57 Å². The summed E-state index contributed by atoms with van der Waals surface area (Å²) in [7, 11) is -3.39. The number of thiazole rings is 1. The van der Waals surface area contributed by atoms with Crippen LogP contribution in [-0.4, -0.2) is 30.9 Å². The average molecular weight is 447 g/mol. The predicted octanol–water partition coefficient (Wildman–Crippen LogP) is 4.29. The SMILES string of the molecule is C=CCn1c(=NC(=O)CCCS(=O)(=O)c2ccccc2)sc2cc(SC)ccc21. The van der Waals surface area contributed by atoms with E-state index in [1.165, 1.54) is 11.3 Å². The first-order valence-electron chi connectivity index (χ1n) is 9.08. The average Bonchev–Trinajstić information content (AvgIpc) is 3.05. The van der Waals surface area contributed by atoms with Gasteiger partial charge in [0.25, 0.3) is 0 Å². The van der Waals surface area contributed by atoms with Crippen LogP contribution in [0.5, 0.6) is 0 Å². The van der Waals surface area contributed by atoms with Gasteiger partial charge in [0.2, 0.25) is 5.91 Å². The van der Waals surface area contributed by atoms with E-state index in [1.54, 1.807) is 48.2 Å². The molecule has 1 heterocycles. The first-order chi connectivity index (χ1) is 13.9. The Labute approximate surface area is 178 Å². The van der Waals surface area contributed by atoms with Crippen molar-refractivity contribution in [3.05, 3.63) is 66.0 Å². The first kappa shape index (κ1) is 21.5. The van der Waals surface area contributed by atoms with Crippen molar-refractivity contribution >= 4 is 49.1 Å². The number of thioether (sulfide) groups is 1. The van der Waals surface area contributed by atoms with E-state index >= 15 is 0 Å². The fourth-order valence-electron chi connectivity index (χ4n) is 2.89. The van der Waals surface area contributed by atoms with Crippen molar-refractivity contribution < 1.29 is 13.2 Å². The van der Waals surface area contributed by atoms with E-state index in [-0.39, 0.29) is 29.4 Å². The lowest BCUT2D eigenvalue weighted by atomic mass is 10.3. The maximum absolute atomic E-state index is 12.4. The van der Waals surface area contributed by atoms with Crippen molar-refractivity contribution in [2.45, 2.75) is 29.2 Å². The summed E-state index contributed by atoms with van der Waals surface area (Å²) < 4.78 is 27.7. The summed E-state index contributed by atoms with van der Waals surface area (Å²) in [5.74, 6) is -0.392.